The fourth-order valence-corrected chi connectivity index (χ4v) is 0.905. The smallest absolute Gasteiger partial charge is 0.293 e. The van der Waals surface area contributed by atoms with E-state index < -0.39 is 5.97 Å². The second-order valence-electron chi connectivity index (χ2n) is 3.87. The number of hydrogen-bond donors (Lipinski definition) is 0. The molecular weight excluding hydrogens is 180 g/mol. The largest absolute Gasteiger partial charge is 0.368 e. The third-order valence-corrected chi connectivity index (χ3v) is 2.06. The Balaban J connectivity index is 4.30. The van der Waals surface area contributed by atoms with Crippen LogP contribution in [0.2, 0.25) is 0 Å². The summed E-state index contributed by atoms with van der Waals surface area (Å²) in [5.74, 6) is -0.440. The molecular formula is C11H19O3. The summed E-state index contributed by atoms with van der Waals surface area (Å²) in [5, 5.41) is 0. The zero-order valence-corrected chi connectivity index (χ0v) is 9.59. The predicted molar refractivity (Wildman–Crippen MR) is 55.0 cm³/mol. The first-order chi connectivity index (χ1) is 6.43. The van der Waals surface area contributed by atoms with E-state index in [-0.39, 0.29) is 5.41 Å². The Hall–Kier alpha value is -0.830. The minimum atomic E-state index is -0.440. The van der Waals surface area contributed by atoms with Gasteiger partial charge in [-0.1, -0.05) is 26.8 Å². The van der Waals surface area contributed by atoms with Crippen LogP contribution in [0.1, 0.15) is 41.0 Å². The van der Waals surface area contributed by atoms with Gasteiger partial charge in [0.05, 0.1) is 0 Å². The SMILES string of the molecule is C[CH]OOC(=O)/C(C)=C\C(C)(C)CC. The van der Waals surface area contributed by atoms with Crippen LogP contribution in [-0.2, 0) is 14.6 Å². The summed E-state index contributed by atoms with van der Waals surface area (Å²) >= 11 is 0. The summed E-state index contributed by atoms with van der Waals surface area (Å²) in [6, 6.07) is 0. The average Bonchev–Trinajstić information content (AvgIpc) is 2.13. The molecule has 0 unspecified atom stereocenters. The second kappa shape index (κ2) is 5.81. The standard InChI is InChI=1S/C11H19O3/c1-6-11(4,5)8-9(3)10(12)14-13-7-2/h7-8H,6H2,1-5H3/b9-8-. The van der Waals surface area contributed by atoms with Crippen LogP contribution in [-0.4, -0.2) is 5.97 Å². The van der Waals surface area contributed by atoms with Gasteiger partial charge in [-0.3, -0.25) is 4.89 Å². The summed E-state index contributed by atoms with van der Waals surface area (Å²) in [6.45, 7) is 10.9. The van der Waals surface area contributed by atoms with Crippen molar-refractivity contribution in [1.82, 2.24) is 0 Å². The topological polar surface area (TPSA) is 35.5 Å². The third-order valence-electron chi connectivity index (χ3n) is 2.06. The van der Waals surface area contributed by atoms with E-state index in [1.165, 1.54) is 6.61 Å². The van der Waals surface area contributed by atoms with Gasteiger partial charge in [0.1, 0.15) is 6.61 Å². The quantitative estimate of drug-likeness (QED) is 0.388. The molecule has 0 saturated heterocycles. The highest BCUT2D eigenvalue weighted by atomic mass is 17.2. The first-order valence-corrected chi connectivity index (χ1v) is 4.78. The highest BCUT2D eigenvalue weighted by molar-refractivity contribution is 5.87. The number of carbonyl (C=O) groups is 1. The summed E-state index contributed by atoms with van der Waals surface area (Å²) in [5.41, 5.74) is 0.581. The van der Waals surface area contributed by atoms with Crippen molar-refractivity contribution in [3.8, 4) is 0 Å². The van der Waals surface area contributed by atoms with Gasteiger partial charge >= 0.3 is 5.97 Å². The Labute approximate surface area is 86.0 Å². The molecule has 0 saturated carbocycles. The van der Waals surface area contributed by atoms with Crippen LogP contribution in [0.15, 0.2) is 11.6 Å². The van der Waals surface area contributed by atoms with Crippen molar-refractivity contribution >= 4 is 5.97 Å². The number of hydrogen-bond acceptors (Lipinski definition) is 3. The molecule has 0 aromatic rings. The molecule has 0 aliphatic heterocycles. The van der Waals surface area contributed by atoms with Crippen LogP contribution >= 0.6 is 0 Å². The zero-order valence-electron chi connectivity index (χ0n) is 9.59. The van der Waals surface area contributed by atoms with E-state index >= 15 is 0 Å². The lowest BCUT2D eigenvalue weighted by Gasteiger charge is -2.18. The van der Waals surface area contributed by atoms with E-state index in [0.717, 1.165) is 6.42 Å². The molecule has 1 radical (unpaired) electrons. The van der Waals surface area contributed by atoms with Gasteiger partial charge in [-0.25, -0.2) is 4.79 Å². The van der Waals surface area contributed by atoms with Crippen molar-refractivity contribution in [1.29, 1.82) is 0 Å². The van der Waals surface area contributed by atoms with Gasteiger partial charge in [0.25, 0.3) is 0 Å². The summed E-state index contributed by atoms with van der Waals surface area (Å²) in [4.78, 5) is 20.2. The van der Waals surface area contributed by atoms with E-state index in [2.05, 4.69) is 30.5 Å². The molecule has 0 atom stereocenters. The van der Waals surface area contributed by atoms with Crippen LogP contribution in [0.4, 0.5) is 0 Å². The molecule has 0 N–H and O–H groups in total. The van der Waals surface area contributed by atoms with Crippen molar-refractivity contribution in [3.63, 3.8) is 0 Å². The van der Waals surface area contributed by atoms with E-state index in [0.29, 0.717) is 5.57 Å². The molecule has 0 bridgehead atoms. The van der Waals surface area contributed by atoms with Crippen LogP contribution in [0.5, 0.6) is 0 Å². The molecule has 0 aromatic carbocycles. The Kier molecular flexibility index (Phi) is 5.46. The molecule has 0 amide bonds. The van der Waals surface area contributed by atoms with Crippen molar-refractivity contribution in [2.45, 2.75) is 41.0 Å². The van der Waals surface area contributed by atoms with E-state index in [4.69, 9.17) is 0 Å². The van der Waals surface area contributed by atoms with Crippen molar-refractivity contribution < 1.29 is 14.6 Å². The molecule has 0 aromatic heterocycles. The lowest BCUT2D eigenvalue weighted by atomic mass is 9.88. The Bertz CT molecular complexity index is 217. The Morgan fingerprint density at radius 3 is 2.43 bits per heavy atom. The van der Waals surface area contributed by atoms with Crippen LogP contribution in [0, 0.1) is 12.0 Å². The highest BCUT2D eigenvalue weighted by Crippen LogP contribution is 2.23. The second-order valence-corrected chi connectivity index (χ2v) is 3.87. The zero-order chi connectivity index (χ0) is 11.2. The van der Waals surface area contributed by atoms with E-state index in [1.807, 2.05) is 6.08 Å². The number of rotatable bonds is 5. The maximum Gasteiger partial charge on any atom is 0.368 e. The van der Waals surface area contributed by atoms with E-state index in [1.54, 1.807) is 13.8 Å². The van der Waals surface area contributed by atoms with E-state index in [9.17, 15) is 4.79 Å². The monoisotopic (exact) mass is 199 g/mol. The van der Waals surface area contributed by atoms with Crippen LogP contribution in [0.3, 0.4) is 0 Å². The van der Waals surface area contributed by atoms with Gasteiger partial charge in [-0.2, -0.15) is 4.89 Å². The molecule has 3 heteroatoms. The lowest BCUT2D eigenvalue weighted by molar-refractivity contribution is -0.246. The third kappa shape index (κ3) is 5.02. The molecule has 0 spiro atoms. The first kappa shape index (κ1) is 13.2. The maximum atomic E-state index is 11.3. The lowest BCUT2D eigenvalue weighted by Crippen LogP contribution is -2.11. The molecule has 0 heterocycles. The fraction of sp³-hybridized carbons (Fsp3) is 0.636. The summed E-state index contributed by atoms with van der Waals surface area (Å²) in [6.07, 6.45) is 2.87. The van der Waals surface area contributed by atoms with Crippen molar-refractivity contribution in [3.05, 3.63) is 18.3 Å². The van der Waals surface area contributed by atoms with Gasteiger partial charge in [-0.05, 0) is 25.7 Å². The fourth-order valence-electron chi connectivity index (χ4n) is 0.905. The summed E-state index contributed by atoms with van der Waals surface area (Å²) < 4.78 is 0. The highest BCUT2D eigenvalue weighted by Gasteiger charge is 2.15. The molecule has 0 rings (SSSR count). The van der Waals surface area contributed by atoms with Crippen LogP contribution in [0.25, 0.3) is 0 Å². The molecule has 0 aliphatic carbocycles. The normalized spacial score (nSPS) is 12.8. The average molecular weight is 199 g/mol. The molecule has 81 valence electrons. The molecule has 0 aliphatic rings. The predicted octanol–water partition coefficient (Wildman–Crippen LogP) is 3.03. The summed E-state index contributed by atoms with van der Waals surface area (Å²) in [7, 11) is 0. The van der Waals surface area contributed by atoms with Gasteiger partial charge in [-0.15, -0.1) is 0 Å². The molecule has 3 nitrogen and oxygen atoms in total. The van der Waals surface area contributed by atoms with Crippen molar-refractivity contribution in [2.24, 2.45) is 5.41 Å². The Morgan fingerprint density at radius 2 is 2.00 bits per heavy atom. The van der Waals surface area contributed by atoms with Gasteiger partial charge < -0.3 is 0 Å². The first-order valence-electron chi connectivity index (χ1n) is 4.78. The Morgan fingerprint density at radius 1 is 1.43 bits per heavy atom. The molecule has 0 fully saturated rings. The minimum absolute atomic E-state index is 0.0129. The van der Waals surface area contributed by atoms with Crippen molar-refractivity contribution in [2.75, 3.05) is 0 Å². The van der Waals surface area contributed by atoms with Crippen LogP contribution < -0.4 is 0 Å². The van der Waals surface area contributed by atoms with Gasteiger partial charge in [0.15, 0.2) is 0 Å². The van der Waals surface area contributed by atoms with Gasteiger partial charge in [0, 0.05) is 5.57 Å². The maximum absolute atomic E-state index is 11.3. The van der Waals surface area contributed by atoms with Gasteiger partial charge in [0.2, 0.25) is 0 Å². The number of allylic oxidation sites excluding steroid dienone is 1. The number of carbonyl (C=O) groups excluding carboxylic acids is 1. The molecule has 14 heavy (non-hydrogen) atoms. The minimum Gasteiger partial charge on any atom is -0.293 e.